The minimum atomic E-state index is -2.62. The standard InChI is InChI=1S/C19H28O10/c1-8-15(20)26-14(7)18(27-16(21)9-2,28-17(22)10-3)19(23-11-4,24-12-5)29-25-13-6/h8-10,14H,1-3,11-13H2,4-7H3. The summed E-state index contributed by atoms with van der Waals surface area (Å²) in [5.74, 6) is -8.14. The Balaban J connectivity index is 6.83. The first-order valence-corrected chi connectivity index (χ1v) is 8.84. The van der Waals surface area contributed by atoms with Gasteiger partial charge in [-0.15, -0.1) is 0 Å². The second kappa shape index (κ2) is 12.8. The highest BCUT2D eigenvalue weighted by Crippen LogP contribution is 2.39. The molecule has 0 saturated heterocycles. The van der Waals surface area contributed by atoms with E-state index in [0.717, 1.165) is 18.2 Å². The van der Waals surface area contributed by atoms with Crippen molar-refractivity contribution in [2.24, 2.45) is 0 Å². The molecule has 0 amide bonds. The Bertz CT molecular complexity index is 570. The van der Waals surface area contributed by atoms with E-state index in [4.69, 9.17) is 33.5 Å². The lowest BCUT2D eigenvalue weighted by atomic mass is 10.1. The molecule has 0 aromatic heterocycles. The maximum Gasteiger partial charge on any atom is 0.396 e. The molecule has 10 nitrogen and oxygen atoms in total. The minimum absolute atomic E-state index is 0.0175. The molecular weight excluding hydrogens is 388 g/mol. The second-order valence-corrected chi connectivity index (χ2v) is 5.11. The van der Waals surface area contributed by atoms with Crippen LogP contribution < -0.4 is 0 Å². The van der Waals surface area contributed by atoms with Crippen molar-refractivity contribution < 1.29 is 47.8 Å². The van der Waals surface area contributed by atoms with E-state index in [1.165, 1.54) is 6.92 Å². The van der Waals surface area contributed by atoms with Crippen LogP contribution in [0.25, 0.3) is 0 Å². The summed E-state index contributed by atoms with van der Waals surface area (Å²) < 4.78 is 26.9. The average Bonchev–Trinajstić information content (AvgIpc) is 2.70. The van der Waals surface area contributed by atoms with E-state index in [0.29, 0.717) is 0 Å². The van der Waals surface area contributed by atoms with Crippen molar-refractivity contribution in [1.29, 1.82) is 0 Å². The summed E-state index contributed by atoms with van der Waals surface area (Å²) in [5.41, 5.74) is 0. The zero-order valence-corrected chi connectivity index (χ0v) is 17.1. The molecule has 0 heterocycles. The van der Waals surface area contributed by atoms with Gasteiger partial charge in [0.15, 0.2) is 6.10 Å². The molecule has 0 radical (unpaired) electrons. The van der Waals surface area contributed by atoms with Crippen molar-refractivity contribution in [1.82, 2.24) is 0 Å². The molecule has 164 valence electrons. The summed E-state index contributed by atoms with van der Waals surface area (Å²) in [6.45, 7) is 15.8. The van der Waals surface area contributed by atoms with Gasteiger partial charge in [-0.05, 0) is 27.7 Å². The van der Waals surface area contributed by atoms with Crippen LogP contribution in [0.4, 0.5) is 0 Å². The van der Waals surface area contributed by atoms with Crippen LogP contribution in [0.5, 0.6) is 0 Å². The van der Waals surface area contributed by atoms with Crippen molar-refractivity contribution in [2.45, 2.75) is 45.6 Å². The first-order valence-electron chi connectivity index (χ1n) is 8.84. The van der Waals surface area contributed by atoms with Gasteiger partial charge < -0.3 is 23.7 Å². The van der Waals surface area contributed by atoms with Gasteiger partial charge in [0.1, 0.15) is 0 Å². The number of carbonyl (C=O) groups excluding carboxylic acids is 3. The van der Waals surface area contributed by atoms with E-state index >= 15 is 0 Å². The highest BCUT2D eigenvalue weighted by atomic mass is 17.3. The molecule has 0 aliphatic heterocycles. The third-order valence-electron chi connectivity index (χ3n) is 3.21. The molecule has 0 rings (SSSR count). The minimum Gasteiger partial charge on any atom is -0.451 e. The zero-order valence-electron chi connectivity index (χ0n) is 17.1. The molecule has 0 spiro atoms. The summed E-state index contributed by atoms with van der Waals surface area (Å²) in [5, 5.41) is 0. The second-order valence-electron chi connectivity index (χ2n) is 5.11. The summed E-state index contributed by atoms with van der Waals surface area (Å²) in [7, 11) is 0. The fourth-order valence-electron chi connectivity index (χ4n) is 2.11. The monoisotopic (exact) mass is 416 g/mol. The number of carbonyl (C=O) groups is 3. The van der Waals surface area contributed by atoms with Crippen LogP contribution in [0.2, 0.25) is 0 Å². The molecule has 1 atom stereocenters. The Kier molecular flexibility index (Phi) is 11.7. The van der Waals surface area contributed by atoms with Gasteiger partial charge in [-0.3, -0.25) is 0 Å². The SMILES string of the molecule is C=CC(=O)OC(C)C(OC(=O)C=C)(OC(=O)C=C)C(OCC)(OCC)OOCC. The van der Waals surface area contributed by atoms with E-state index in [2.05, 4.69) is 19.7 Å². The molecule has 0 aromatic carbocycles. The zero-order chi connectivity index (χ0) is 22.5. The summed E-state index contributed by atoms with van der Waals surface area (Å²) in [4.78, 5) is 46.4. The Morgan fingerprint density at radius 3 is 1.62 bits per heavy atom. The molecule has 29 heavy (non-hydrogen) atoms. The van der Waals surface area contributed by atoms with E-state index in [9.17, 15) is 14.4 Å². The first-order chi connectivity index (χ1) is 13.7. The molecule has 0 saturated carbocycles. The van der Waals surface area contributed by atoms with Gasteiger partial charge in [-0.1, -0.05) is 19.7 Å². The highest BCUT2D eigenvalue weighted by Gasteiger charge is 2.68. The van der Waals surface area contributed by atoms with Crippen LogP contribution in [0, 0.1) is 0 Å². The van der Waals surface area contributed by atoms with Gasteiger partial charge in [-0.2, -0.15) is 4.89 Å². The largest absolute Gasteiger partial charge is 0.451 e. The fraction of sp³-hybridized carbons (Fsp3) is 0.526. The molecule has 0 N–H and O–H groups in total. The maximum absolute atomic E-state index is 12.2. The molecular formula is C19H28O10. The van der Waals surface area contributed by atoms with E-state index in [1.807, 2.05) is 0 Å². The van der Waals surface area contributed by atoms with Gasteiger partial charge in [0.05, 0.1) is 19.8 Å². The van der Waals surface area contributed by atoms with Crippen LogP contribution in [0.15, 0.2) is 38.0 Å². The Morgan fingerprint density at radius 2 is 1.28 bits per heavy atom. The van der Waals surface area contributed by atoms with Gasteiger partial charge >= 0.3 is 29.7 Å². The summed E-state index contributed by atoms with van der Waals surface area (Å²) >= 11 is 0. The number of rotatable bonds is 15. The molecule has 0 aliphatic carbocycles. The number of esters is 3. The Labute approximate surface area is 169 Å². The number of ether oxygens (including phenoxy) is 5. The van der Waals surface area contributed by atoms with Crippen LogP contribution in [0.3, 0.4) is 0 Å². The molecule has 0 bridgehead atoms. The lowest BCUT2D eigenvalue weighted by Crippen LogP contribution is -2.69. The van der Waals surface area contributed by atoms with Crippen molar-refractivity contribution in [3.05, 3.63) is 38.0 Å². The van der Waals surface area contributed by atoms with Crippen molar-refractivity contribution in [2.75, 3.05) is 19.8 Å². The van der Waals surface area contributed by atoms with Gasteiger partial charge in [0.2, 0.25) is 0 Å². The quantitative estimate of drug-likeness (QED) is 0.129. The molecule has 0 fully saturated rings. The molecule has 1 unspecified atom stereocenters. The summed E-state index contributed by atoms with van der Waals surface area (Å²) in [6, 6.07) is 0. The van der Waals surface area contributed by atoms with Crippen molar-refractivity contribution >= 4 is 17.9 Å². The van der Waals surface area contributed by atoms with Crippen LogP contribution >= 0.6 is 0 Å². The Morgan fingerprint density at radius 1 is 0.828 bits per heavy atom. The van der Waals surface area contributed by atoms with Crippen molar-refractivity contribution in [3.8, 4) is 0 Å². The average molecular weight is 416 g/mol. The predicted octanol–water partition coefficient (Wildman–Crippen LogP) is 1.95. The molecule has 0 aliphatic rings. The third-order valence-corrected chi connectivity index (χ3v) is 3.21. The third kappa shape index (κ3) is 6.79. The smallest absolute Gasteiger partial charge is 0.396 e. The first kappa shape index (κ1) is 26.5. The lowest BCUT2D eigenvalue weighted by molar-refractivity contribution is -0.570. The van der Waals surface area contributed by atoms with E-state index < -0.39 is 35.8 Å². The predicted molar refractivity (Wildman–Crippen MR) is 99.8 cm³/mol. The molecule has 0 aromatic rings. The normalized spacial score (nSPS) is 12.4. The summed E-state index contributed by atoms with van der Waals surface area (Å²) in [6.07, 6.45) is 0.918. The van der Waals surface area contributed by atoms with Gasteiger partial charge in [-0.25, -0.2) is 19.3 Å². The topological polar surface area (TPSA) is 116 Å². The van der Waals surface area contributed by atoms with Gasteiger partial charge in [0.25, 0.3) is 0 Å². The van der Waals surface area contributed by atoms with E-state index in [1.54, 1.807) is 20.8 Å². The fourth-order valence-corrected chi connectivity index (χ4v) is 2.11. The lowest BCUT2D eigenvalue weighted by Gasteiger charge is -2.46. The molecule has 10 heteroatoms. The number of hydrogen-bond donors (Lipinski definition) is 0. The van der Waals surface area contributed by atoms with Crippen LogP contribution in [-0.4, -0.2) is 55.6 Å². The van der Waals surface area contributed by atoms with Crippen LogP contribution in [-0.2, 0) is 47.8 Å². The Hall–Kier alpha value is -2.53. The van der Waals surface area contributed by atoms with E-state index in [-0.39, 0.29) is 19.8 Å². The highest BCUT2D eigenvalue weighted by molar-refractivity contribution is 5.84. The van der Waals surface area contributed by atoms with Gasteiger partial charge in [0, 0.05) is 18.2 Å². The van der Waals surface area contributed by atoms with Crippen molar-refractivity contribution in [3.63, 3.8) is 0 Å². The van der Waals surface area contributed by atoms with Crippen LogP contribution in [0.1, 0.15) is 27.7 Å². The maximum atomic E-state index is 12.2. The number of hydrogen-bond acceptors (Lipinski definition) is 10.